The van der Waals surface area contributed by atoms with Crippen LogP contribution in [0.15, 0.2) is 35.4 Å². The Balaban J connectivity index is 2.12. The highest BCUT2D eigenvalue weighted by Crippen LogP contribution is 2.05. The third kappa shape index (κ3) is 4.32. The van der Waals surface area contributed by atoms with Crippen LogP contribution in [0.4, 0.5) is 0 Å². The number of thioether (sulfide) groups is 1. The number of aliphatic carboxylic acids is 1. The molecule has 2 aromatic rings. The molecule has 0 aliphatic heterocycles. The Bertz CT molecular complexity index is 775. The lowest BCUT2D eigenvalue weighted by atomic mass is 10.2. The van der Waals surface area contributed by atoms with Crippen molar-refractivity contribution in [3.63, 3.8) is 0 Å². The molecule has 1 atom stereocenters. The van der Waals surface area contributed by atoms with Gasteiger partial charge >= 0.3 is 5.97 Å². The van der Waals surface area contributed by atoms with Crippen molar-refractivity contribution in [3.05, 3.63) is 40.9 Å². The number of rotatable bonds is 7. The fourth-order valence-electron chi connectivity index (χ4n) is 2.11. The number of hydrogen-bond acceptors (Lipinski definition) is 5. The summed E-state index contributed by atoms with van der Waals surface area (Å²) in [5.41, 5.74) is 0.222. The van der Waals surface area contributed by atoms with E-state index in [1.165, 1.54) is 22.7 Å². The maximum absolute atomic E-state index is 12.3. The predicted octanol–water partition coefficient (Wildman–Crippen LogP) is 0.719. The minimum absolute atomic E-state index is 0.264. The van der Waals surface area contributed by atoms with Crippen LogP contribution in [0.5, 0.6) is 0 Å². The first kappa shape index (κ1) is 17.0. The molecule has 0 saturated heterocycles. The Kier molecular flexibility index (Phi) is 5.75. The van der Waals surface area contributed by atoms with E-state index in [0.717, 1.165) is 0 Å². The van der Waals surface area contributed by atoms with Crippen LogP contribution in [0.2, 0.25) is 0 Å². The lowest BCUT2D eigenvalue weighted by Gasteiger charge is -2.14. The second-order valence-electron chi connectivity index (χ2n) is 4.93. The average molecular weight is 335 g/mol. The predicted molar refractivity (Wildman–Crippen MR) is 88.6 cm³/mol. The summed E-state index contributed by atoms with van der Waals surface area (Å²) in [5, 5.41) is 12.0. The minimum atomic E-state index is -1.09. The number of nitrogens with one attached hydrogen (secondary N) is 1. The number of aromatic nitrogens is 2. The smallest absolute Gasteiger partial charge is 0.326 e. The van der Waals surface area contributed by atoms with Crippen molar-refractivity contribution < 1.29 is 14.7 Å². The second-order valence-corrected chi connectivity index (χ2v) is 5.92. The van der Waals surface area contributed by atoms with Crippen molar-refractivity contribution in [1.29, 1.82) is 0 Å². The van der Waals surface area contributed by atoms with Gasteiger partial charge in [-0.15, -0.1) is 0 Å². The Labute approximate surface area is 136 Å². The summed E-state index contributed by atoms with van der Waals surface area (Å²) in [4.78, 5) is 39.5. The van der Waals surface area contributed by atoms with E-state index in [2.05, 4.69) is 10.3 Å². The molecule has 0 aliphatic carbocycles. The van der Waals surface area contributed by atoms with E-state index in [4.69, 9.17) is 5.11 Å². The van der Waals surface area contributed by atoms with Gasteiger partial charge in [-0.05, 0) is 30.6 Å². The molecule has 1 aromatic carbocycles. The van der Waals surface area contributed by atoms with Crippen molar-refractivity contribution in [2.45, 2.75) is 19.0 Å². The molecule has 7 nitrogen and oxygen atoms in total. The summed E-state index contributed by atoms with van der Waals surface area (Å²) in [6.07, 6.45) is 3.48. The molecule has 8 heteroatoms. The fraction of sp³-hybridized carbons (Fsp3) is 0.333. The number of para-hydroxylation sites is 1. The zero-order chi connectivity index (χ0) is 16.8. The van der Waals surface area contributed by atoms with Crippen LogP contribution in [-0.2, 0) is 16.1 Å². The van der Waals surface area contributed by atoms with E-state index in [9.17, 15) is 14.4 Å². The normalized spacial score (nSPS) is 12.0. The molecule has 0 aliphatic rings. The van der Waals surface area contributed by atoms with Gasteiger partial charge in [-0.2, -0.15) is 11.8 Å². The number of carbonyl (C=O) groups excluding carboxylic acids is 1. The molecule has 122 valence electrons. The number of carbonyl (C=O) groups is 2. The van der Waals surface area contributed by atoms with E-state index < -0.39 is 17.9 Å². The summed E-state index contributed by atoms with van der Waals surface area (Å²) >= 11 is 1.50. The van der Waals surface area contributed by atoms with Gasteiger partial charge in [0.1, 0.15) is 12.6 Å². The summed E-state index contributed by atoms with van der Waals surface area (Å²) in [7, 11) is 0. The molecular weight excluding hydrogens is 318 g/mol. The van der Waals surface area contributed by atoms with E-state index in [0.29, 0.717) is 23.1 Å². The van der Waals surface area contributed by atoms with Crippen LogP contribution >= 0.6 is 11.8 Å². The SMILES string of the molecule is CSCC[C@@H](NC(=O)Cn1cnc2ccccc2c1=O)C(=O)O. The minimum Gasteiger partial charge on any atom is -0.480 e. The number of nitrogens with zero attached hydrogens (tertiary/aromatic N) is 2. The summed E-state index contributed by atoms with van der Waals surface area (Å²) < 4.78 is 1.17. The van der Waals surface area contributed by atoms with Crippen molar-refractivity contribution in [2.24, 2.45) is 0 Å². The number of amides is 1. The van der Waals surface area contributed by atoms with Crippen LogP contribution in [0.3, 0.4) is 0 Å². The standard InChI is InChI=1S/C15H17N3O4S/c1-23-7-6-12(15(21)22)17-13(19)8-18-9-16-11-5-3-2-4-10(11)14(18)20/h2-5,9,12H,6-8H2,1H3,(H,17,19)(H,21,22)/t12-/m1/s1. The lowest BCUT2D eigenvalue weighted by molar-refractivity contribution is -0.141. The van der Waals surface area contributed by atoms with Crippen LogP contribution in [0.1, 0.15) is 6.42 Å². The third-order valence-electron chi connectivity index (χ3n) is 3.29. The number of hydrogen-bond donors (Lipinski definition) is 2. The maximum Gasteiger partial charge on any atom is 0.326 e. The molecule has 1 aromatic heterocycles. The summed E-state index contributed by atoms with van der Waals surface area (Å²) in [6.45, 7) is -0.264. The quantitative estimate of drug-likeness (QED) is 0.773. The molecule has 0 fully saturated rings. The van der Waals surface area contributed by atoms with Crippen molar-refractivity contribution >= 4 is 34.5 Å². The topological polar surface area (TPSA) is 101 Å². The maximum atomic E-state index is 12.3. The molecular formula is C15H17N3O4S. The number of carboxylic acid groups (broad SMARTS) is 1. The second kappa shape index (κ2) is 7.77. The van der Waals surface area contributed by atoms with Crippen molar-refractivity contribution in [3.8, 4) is 0 Å². The van der Waals surface area contributed by atoms with Gasteiger partial charge in [0, 0.05) is 0 Å². The molecule has 0 bridgehead atoms. The highest BCUT2D eigenvalue weighted by atomic mass is 32.2. The average Bonchev–Trinajstić information content (AvgIpc) is 2.54. The Morgan fingerprint density at radius 1 is 1.39 bits per heavy atom. The molecule has 0 radical (unpaired) electrons. The lowest BCUT2D eigenvalue weighted by Crippen LogP contribution is -2.43. The summed E-state index contributed by atoms with van der Waals surface area (Å²) in [5.74, 6) is -0.997. The van der Waals surface area contributed by atoms with Gasteiger partial charge in [0.15, 0.2) is 0 Å². The zero-order valence-electron chi connectivity index (χ0n) is 12.6. The number of fused-ring (bicyclic) bond motifs is 1. The van der Waals surface area contributed by atoms with Gasteiger partial charge in [0.05, 0.1) is 17.2 Å². The third-order valence-corrected chi connectivity index (χ3v) is 3.93. The molecule has 0 spiro atoms. The van der Waals surface area contributed by atoms with Gasteiger partial charge < -0.3 is 10.4 Å². The molecule has 0 saturated carbocycles. The molecule has 1 amide bonds. The number of benzene rings is 1. The van der Waals surface area contributed by atoms with Gasteiger partial charge in [-0.3, -0.25) is 14.2 Å². The highest BCUT2D eigenvalue weighted by molar-refractivity contribution is 7.98. The van der Waals surface area contributed by atoms with Crippen molar-refractivity contribution in [2.75, 3.05) is 12.0 Å². The fourth-order valence-corrected chi connectivity index (χ4v) is 2.58. The van der Waals surface area contributed by atoms with Crippen LogP contribution in [0, 0.1) is 0 Å². The van der Waals surface area contributed by atoms with E-state index in [-0.39, 0.29) is 12.1 Å². The largest absolute Gasteiger partial charge is 0.480 e. The van der Waals surface area contributed by atoms with Crippen LogP contribution in [-0.4, -0.2) is 44.6 Å². The van der Waals surface area contributed by atoms with Gasteiger partial charge in [0.25, 0.3) is 5.56 Å². The van der Waals surface area contributed by atoms with Crippen LogP contribution in [0.25, 0.3) is 10.9 Å². The first-order chi connectivity index (χ1) is 11.0. The Morgan fingerprint density at radius 3 is 2.83 bits per heavy atom. The first-order valence-corrected chi connectivity index (χ1v) is 8.37. The molecule has 2 rings (SSSR count). The molecule has 0 unspecified atom stereocenters. The van der Waals surface area contributed by atoms with Gasteiger partial charge in [0.2, 0.25) is 5.91 Å². The zero-order valence-corrected chi connectivity index (χ0v) is 13.4. The first-order valence-electron chi connectivity index (χ1n) is 6.98. The van der Waals surface area contributed by atoms with E-state index in [1.54, 1.807) is 24.3 Å². The molecule has 2 N–H and O–H groups in total. The van der Waals surface area contributed by atoms with E-state index in [1.807, 2.05) is 6.26 Å². The van der Waals surface area contributed by atoms with Crippen LogP contribution < -0.4 is 10.9 Å². The van der Waals surface area contributed by atoms with Gasteiger partial charge in [-0.1, -0.05) is 12.1 Å². The van der Waals surface area contributed by atoms with Crippen molar-refractivity contribution in [1.82, 2.24) is 14.9 Å². The summed E-state index contributed by atoms with van der Waals surface area (Å²) in [6, 6.07) is 5.88. The Morgan fingerprint density at radius 2 is 2.13 bits per heavy atom. The molecule has 23 heavy (non-hydrogen) atoms. The highest BCUT2D eigenvalue weighted by Gasteiger charge is 2.19. The van der Waals surface area contributed by atoms with E-state index >= 15 is 0 Å². The molecule has 1 heterocycles. The number of carboxylic acids is 1. The van der Waals surface area contributed by atoms with Gasteiger partial charge in [-0.25, -0.2) is 9.78 Å². The Hall–Kier alpha value is -2.35. The monoisotopic (exact) mass is 335 g/mol.